The summed E-state index contributed by atoms with van der Waals surface area (Å²) in [6, 6.07) is 0.117. The molecular weight excluding hydrogens is 256 g/mol. The largest absolute Gasteiger partial charge is 0.481 e. The Morgan fingerprint density at radius 3 is 2.40 bits per heavy atom. The predicted molar refractivity (Wildman–Crippen MR) is 76.5 cm³/mol. The van der Waals surface area contributed by atoms with Crippen LogP contribution >= 0.6 is 0 Å². The molecule has 0 saturated heterocycles. The van der Waals surface area contributed by atoms with Crippen molar-refractivity contribution in [3.63, 3.8) is 0 Å². The van der Waals surface area contributed by atoms with Crippen LogP contribution in [0.2, 0.25) is 0 Å². The summed E-state index contributed by atoms with van der Waals surface area (Å²) in [6.07, 6.45) is 6.41. The van der Waals surface area contributed by atoms with Crippen molar-refractivity contribution < 1.29 is 14.7 Å². The molecule has 2 rings (SSSR count). The first kappa shape index (κ1) is 15.1. The summed E-state index contributed by atoms with van der Waals surface area (Å²) >= 11 is 0. The van der Waals surface area contributed by atoms with E-state index >= 15 is 0 Å². The minimum Gasteiger partial charge on any atom is -0.481 e. The van der Waals surface area contributed by atoms with Crippen molar-refractivity contribution in [3.05, 3.63) is 0 Å². The molecule has 0 radical (unpaired) electrons. The Hall–Kier alpha value is -1.26. The standard InChI is InChI=1S/C15H26N2O3/c1-15(2)7-3-4-12(9-15)17-14(20)16-11-6-5-10(8-11)13(18)19/h10-12H,3-9H2,1-2H3,(H,18,19)(H2,16,17,20)/t10-,11+,12?/m1/s1. The van der Waals surface area contributed by atoms with Gasteiger partial charge >= 0.3 is 12.0 Å². The molecule has 0 aromatic carbocycles. The monoisotopic (exact) mass is 282 g/mol. The van der Waals surface area contributed by atoms with E-state index in [0.29, 0.717) is 18.3 Å². The maximum atomic E-state index is 12.0. The molecule has 2 fully saturated rings. The fourth-order valence-corrected chi connectivity index (χ4v) is 3.57. The van der Waals surface area contributed by atoms with Crippen molar-refractivity contribution in [2.75, 3.05) is 0 Å². The van der Waals surface area contributed by atoms with Gasteiger partial charge in [-0.15, -0.1) is 0 Å². The molecule has 2 amide bonds. The van der Waals surface area contributed by atoms with Gasteiger partial charge in [0, 0.05) is 12.1 Å². The second kappa shape index (κ2) is 6.02. The van der Waals surface area contributed by atoms with Crippen LogP contribution in [0.3, 0.4) is 0 Å². The van der Waals surface area contributed by atoms with Gasteiger partial charge in [0.2, 0.25) is 0 Å². The van der Waals surface area contributed by atoms with Crippen molar-refractivity contribution in [1.82, 2.24) is 10.6 Å². The molecule has 1 unspecified atom stereocenters. The Labute approximate surface area is 120 Å². The van der Waals surface area contributed by atoms with Gasteiger partial charge in [0.05, 0.1) is 5.92 Å². The molecule has 0 spiro atoms. The van der Waals surface area contributed by atoms with Gasteiger partial charge in [0.25, 0.3) is 0 Å². The Bertz CT molecular complexity index is 381. The minimum atomic E-state index is -0.747. The van der Waals surface area contributed by atoms with E-state index < -0.39 is 5.97 Å². The summed E-state index contributed by atoms with van der Waals surface area (Å²) in [5, 5.41) is 14.9. The number of amides is 2. The zero-order valence-electron chi connectivity index (χ0n) is 12.4. The number of aliphatic carboxylic acids is 1. The van der Waals surface area contributed by atoms with Crippen LogP contribution in [0, 0.1) is 11.3 Å². The van der Waals surface area contributed by atoms with E-state index in [1.165, 1.54) is 6.42 Å². The van der Waals surface area contributed by atoms with Crippen molar-refractivity contribution in [3.8, 4) is 0 Å². The van der Waals surface area contributed by atoms with E-state index in [2.05, 4.69) is 24.5 Å². The van der Waals surface area contributed by atoms with Crippen molar-refractivity contribution >= 4 is 12.0 Å². The van der Waals surface area contributed by atoms with Crippen molar-refractivity contribution in [2.45, 2.75) is 70.9 Å². The topological polar surface area (TPSA) is 78.4 Å². The molecule has 2 aliphatic rings. The van der Waals surface area contributed by atoms with Gasteiger partial charge in [0.15, 0.2) is 0 Å². The molecular formula is C15H26N2O3. The first-order chi connectivity index (χ1) is 9.35. The van der Waals surface area contributed by atoms with Gasteiger partial charge in [-0.2, -0.15) is 0 Å². The first-order valence-corrected chi connectivity index (χ1v) is 7.65. The lowest BCUT2D eigenvalue weighted by molar-refractivity contribution is -0.141. The molecule has 5 heteroatoms. The Kier molecular flexibility index (Phi) is 4.55. The fraction of sp³-hybridized carbons (Fsp3) is 0.867. The van der Waals surface area contributed by atoms with Gasteiger partial charge < -0.3 is 15.7 Å². The lowest BCUT2D eigenvalue weighted by atomic mass is 9.75. The van der Waals surface area contributed by atoms with Crippen LogP contribution < -0.4 is 10.6 Å². The Balaban J connectivity index is 1.74. The molecule has 3 N–H and O–H groups in total. The minimum absolute atomic E-state index is 0.00713. The summed E-state index contributed by atoms with van der Waals surface area (Å²) in [5.41, 5.74) is 0.304. The van der Waals surface area contributed by atoms with Gasteiger partial charge in [-0.3, -0.25) is 4.79 Å². The smallest absolute Gasteiger partial charge is 0.315 e. The van der Waals surface area contributed by atoms with Gasteiger partial charge in [-0.1, -0.05) is 20.3 Å². The van der Waals surface area contributed by atoms with Crippen molar-refractivity contribution in [2.24, 2.45) is 11.3 Å². The van der Waals surface area contributed by atoms with Crippen LogP contribution in [0.1, 0.15) is 58.8 Å². The van der Waals surface area contributed by atoms with E-state index in [4.69, 9.17) is 5.11 Å². The third kappa shape index (κ3) is 4.12. The highest BCUT2D eigenvalue weighted by atomic mass is 16.4. The SMILES string of the molecule is CC1(C)CCCC(NC(=O)N[C@H]2CC[C@@H](C(=O)O)C2)C1. The number of carbonyl (C=O) groups excluding carboxylic acids is 1. The highest BCUT2D eigenvalue weighted by Gasteiger charge is 2.32. The maximum absolute atomic E-state index is 12.0. The van der Waals surface area contributed by atoms with E-state index in [0.717, 1.165) is 25.7 Å². The zero-order valence-corrected chi connectivity index (χ0v) is 12.4. The summed E-state index contributed by atoms with van der Waals surface area (Å²) in [7, 11) is 0. The molecule has 0 bridgehead atoms. The Morgan fingerprint density at radius 2 is 1.80 bits per heavy atom. The molecule has 2 aliphatic carbocycles. The van der Waals surface area contributed by atoms with Gasteiger partial charge in [-0.05, 0) is 43.9 Å². The number of carboxylic acid groups (broad SMARTS) is 1. The number of carbonyl (C=O) groups is 2. The van der Waals surface area contributed by atoms with Crippen LogP contribution in [0.25, 0.3) is 0 Å². The average molecular weight is 282 g/mol. The third-order valence-corrected chi connectivity index (χ3v) is 4.66. The number of urea groups is 1. The summed E-state index contributed by atoms with van der Waals surface area (Å²) in [6.45, 7) is 4.49. The van der Waals surface area contributed by atoms with E-state index in [1.54, 1.807) is 0 Å². The molecule has 20 heavy (non-hydrogen) atoms. The third-order valence-electron chi connectivity index (χ3n) is 4.66. The average Bonchev–Trinajstić information content (AvgIpc) is 2.75. The molecule has 5 nitrogen and oxygen atoms in total. The molecule has 2 saturated carbocycles. The fourth-order valence-electron chi connectivity index (χ4n) is 3.57. The normalized spacial score (nSPS) is 32.6. The van der Waals surface area contributed by atoms with Crippen LogP contribution in [-0.2, 0) is 4.79 Å². The van der Waals surface area contributed by atoms with Crippen LogP contribution in [0.4, 0.5) is 4.79 Å². The first-order valence-electron chi connectivity index (χ1n) is 7.65. The van der Waals surface area contributed by atoms with E-state index in [-0.39, 0.29) is 24.0 Å². The highest BCUT2D eigenvalue weighted by Crippen LogP contribution is 2.35. The number of carboxylic acids is 1. The molecule has 0 aliphatic heterocycles. The second-order valence-electron chi connectivity index (χ2n) is 7.12. The summed E-state index contributed by atoms with van der Waals surface area (Å²) < 4.78 is 0. The number of hydrogen-bond acceptors (Lipinski definition) is 2. The molecule has 0 heterocycles. The highest BCUT2D eigenvalue weighted by molar-refractivity contribution is 5.75. The number of rotatable bonds is 3. The van der Waals surface area contributed by atoms with Gasteiger partial charge in [-0.25, -0.2) is 4.79 Å². The molecule has 3 atom stereocenters. The summed E-state index contributed by atoms with van der Waals surface area (Å²) in [5.74, 6) is -1.04. The second-order valence-corrected chi connectivity index (χ2v) is 7.12. The van der Waals surface area contributed by atoms with E-state index in [1.807, 2.05) is 0 Å². The Morgan fingerprint density at radius 1 is 1.10 bits per heavy atom. The quantitative estimate of drug-likeness (QED) is 0.744. The lowest BCUT2D eigenvalue weighted by Crippen LogP contribution is -2.48. The number of hydrogen-bond donors (Lipinski definition) is 3. The lowest BCUT2D eigenvalue weighted by Gasteiger charge is -2.35. The van der Waals surface area contributed by atoms with Crippen LogP contribution in [-0.4, -0.2) is 29.2 Å². The zero-order chi connectivity index (χ0) is 14.8. The van der Waals surface area contributed by atoms with Crippen LogP contribution in [0.5, 0.6) is 0 Å². The van der Waals surface area contributed by atoms with Gasteiger partial charge in [0.1, 0.15) is 0 Å². The van der Waals surface area contributed by atoms with Crippen LogP contribution in [0.15, 0.2) is 0 Å². The molecule has 0 aromatic heterocycles. The van der Waals surface area contributed by atoms with Crippen molar-refractivity contribution in [1.29, 1.82) is 0 Å². The molecule has 114 valence electrons. The predicted octanol–water partition coefficient (Wildman–Crippen LogP) is 2.51. The summed E-state index contributed by atoms with van der Waals surface area (Å²) in [4.78, 5) is 22.9. The maximum Gasteiger partial charge on any atom is 0.315 e. The number of nitrogens with one attached hydrogen (secondary N) is 2. The molecule has 0 aromatic rings. The van der Waals surface area contributed by atoms with E-state index in [9.17, 15) is 9.59 Å².